The van der Waals surface area contributed by atoms with Gasteiger partial charge in [-0.25, -0.2) is 4.98 Å². The molecule has 1 saturated carbocycles. The van der Waals surface area contributed by atoms with Crippen LogP contribution in [0.5, 0.6) is 5.75 Å². The fourth-order valence-electron chi connectivity index (χ4n) is 4.58. The molecule has 0 unspecified atom stereocenters. The lowest BCUT2D eigenvalue weighted by Gasteiger charge is -2.33. The van der Waals surface area contributed by atoms with Crippen LogP contribution in [0.3, 0.4) is 0 Å². The second-order valence-electron chi connectivity index (χ2n) is 8.44. The number of aliphatic hydroxyl groups excluding tert-OH is 1. The van der Waals surface area contributed by atoms with Gasteiger partial charge in [0, 0.05) is 25.7 Å². The Morgan fingerprint density at radius 3 is 2.50 bits per heavy atom. The Morgan fingerprint density at radius 2 is 1.88 bits per heavy atom. The number of nitrogens with zero attached hydrogens (tertiary/aromatic N) is 2. The van der Waals surface area contributed by atoms with Gasteiger partial charge < -0.3 is 15.2 Å². The largest absolute Gasteiger partial charge is 0.495 e. The van der Waals surface area contributed by atoms with Gasteiger partial charge in [0.2, 0.25) is 0 Å². The van der Waals surface area contributed by atoms with Crippen LogP contribution in [0.25, 0.3) is 0 Å². The van der Waals surface area contributed by atoms with Crippen molar-refractivity contribution in [3.8, 4) is 5.75 Å². The number of carbonyl (C=O) groups is 1. The Hall–Kier alpha value is -2.65. The molecule has 0 saturated heterocycles. The highest BCUT2D eigenvalue weighted by atomic mass is 19.4. The fourth-order valence-corrected chi connectivity index (χ4v) is 4.58. The third-order valence-corrected chi connectivity index (χ3v) is 6.38. The molecule has 2 aliphatic rings. The van der Waals surface area contributed by atoms with Gasteiger partial charge in [0.1, 0.15) is 17.1 Å². The number of aromatic nitrogens is 1. The second kappa shape index (κ2) is 9.07. The highest BCUT2D eigenvalue weighted by molar-refractivity contribution is 6.03. The molecular formula is C23H26F3N3O3. The topological polar surface area (TPSA) is 74.7 Å². The van der Waals surface area contributed by atoms with Gasteiger partial charge in [0.25, 0.3) is 5.91 Å². The molecule has 2 aromatic rings. The lowest BCUT2D eigenvalue weighted by molar-refractivity contribution is -0.141. The number of ether oxygens (including phenoxy) is 1. The van der Waals surface area contributed by atoms with Gasteiger partial charge in [-0.3, -0.25) is 9.69 Å². The molecule has 0 bridgehead atoms. The van der Waals surface area contributed by atoms with Gasteiger partial charge in [-0.05, 0) is 67.0 Å². The summed E-state index contributed by atoms with van der Waals surface area (Å²) in [6.45, 7) is 1.76. The highest BCUT2D eigenvalue weighted by Crippen LogP contribution is 2.37. The minimum Gasteiger partial charge on any atom is -0.495 e. The maximum absolute atomic E-state index is 12.9. The number of aliphatic hydroxyl groups is 1. The minimum atomic E-state index is -4.62. The number of hydrogen-bond donors (Lipinski definition) is 2. The van der Waals surface area contributed by atoms with E-state index in [9.17, 15) is 23.1 Å². The normalized spacial score (nSPS) is 21.3. The van der Waals surface area contributed by atoms with E-state index < -0.39 is 17.8 Å². The smallest absolute Gasteiger partial charge is 0.433 e. The molecule has 1 aliphatic carbocycles. The summed E-state index contributed by atoms with van der Waals surface area (Å²) in [4.78, 5) is 18.5. The Bertz CT molecular complexity index is 988. The second-order valence-corrected chi connectivity index (χ2v) is 8.44. The molecule has 0 atom stereocenters. The number of benzene rings is 1. The Morgan fingerprint density at radius 1 is 1.19 bits per heavy atom. The molecule has 0 radical (unpaired) electrons. The number of halogens is 3. The van der Waals surface area contributed by atoms with E-state index >= 15 is 0 Å². The molecule has 172 valence electrons. The van der Waals surface area contributed by atoms with Gasteiger partial charge in [-0.15, -0.1) is 0 Å². The zero-order chi connectivity index (χ0) is 22.9. The quantitative estimate of drug-likeness (QED) is 0.715. The van der Waals surface area contributed by atoms with E-state index in [1.54, 1.807) is 0 Å². The molecule has 9 heteroatoms. The fraction of sp³-hybridized carbons (Fsp3) is 0.478. The number of rotatable bonds is 5. The first-order valence-electron chi connectivity index (χ1n) is 10.7. The van der Waals surface area contributed by atoms with Crippen molar-refractivity contribution >= 4 is 11.6 Å². The average molecular weight is 449 g/mol. The molecule has 1 aliphatic heterocycles. The van der Waals surface area contributed by atoms with Crippen LogP contribution in [0.1, 0.15) is 53.0 Å². The van der Waals surface area contributed by atoms with Crippen LogP contribution in [0.4, 0.5) is 18.9 Å². The summed E-state index contributed by atoms with van der Waals surface area (Å²) in [6.07, 6.45) is -0.505. The molecule has 1 fully saturated rings. The standard InChI is InChI=1S/C23H26F3N3O3/c1-32-20-10-16-12-29(17-7-5-14(13-30)6-8-17)11-15(16)9-19(20)28-22(31)18-3-2-4-21(27-18)23(24,25)26/h2-4,9-10,14,17,30H,5-8,11-13H2,1H3,(H,28,31). The molecule has 6 nitrogen and oxygen atoms in total. The maximum Gasteiger partial charge on any atom is 0.433 e. The lowest BCUT2D eigenvalue weighted by Crippen LogP contribution is -2.34. The summed E-state index contributed by atoms with van der Waals surface area (Å²) in [5.74, 6) is 0.115. The van der Waals surface area contributed by atoms with Crippen LogP contribution in [0, 0.1) is 5.92 Å². The number of carbonyl (C=O) groups excluding carboxylic acids is 1. The number of fused-ring (bicyclic) bond motifs is 1. The van der Waals surface area contributed by atoms with Crippen LogP contribution < -0.4 is 10.1 Å². The first-order chi connectivity index (χ1) is 15.3. The van der Waals surface area contributed by atoms with Crippen LogP contribution in [0.15, 0.2) is 30.3 Å². The Labute approximate surface area is 184 Å². The van der Waals surface area contributed by atoms with Crippen molar-refractivity contribution in [2.45, 2.75) is 51.0 Å². The van der Waals surface area contributed by atoms with Gasteiger partial charge in [0.05, 0.1) is 12.8 Å². The number of hydrogen-bond acceptors (Lipinski definition) is 5. The zero-order valence-electron chi connectivity index (χ0n) is 17.8. The van der Waals surface area contributed by atoms with Crippen molar-refractivity contribution < 1.29 is 27.8 Å². The Kier molecular flexibility index (Phi) is 6.39. The SMILES string of the molecule is COc1cc2c(cc1NC(=O)c1cccc(C(F)(F)F)n1)CN(C1CCC(CO)CC1)C2. The molecular weight excluding hydrogens is 423 g/mol. The van der Waals surface area contributed by atoms with Gasteiger partial charge >= 0.3 is 6.18 Å². The first kappa shape index (κ1) is 22.5. The van der Waals surface area contributed by atoms with Crippen molar-refractivity contribution in [2.75, 3.05) is 19.0 Å². The predicted octanol–water partition coefficient (Wildman–Crippen LogP) is 4.23. The van der Waals surface area contributed by atoms with Crippen LogP contribution >= 0.6 is 0 Å². The molecule has 2 N–H and O–H groups in total. The van der Waals surface area contributed by atoms with Crippen molar-refractivity contribution in [3.05, 3.63) is 52.8 Å². The summed E-state index contributed by atoms with van der Waals surface area (Å²) in [7, 11) is 1.49. The van der Waals surface area contributed by atoms with Crippen molar-refractivity contribution in [1.29, 1.82) is 0 Å². The van der Waals surface area contributed by atoms with Crippen LogP contribution in [-0.2, 0) is 19.3 Å². The maximum atomic E-state index is 12.9. The molecule has 1 aromatic carbocycles. The Balaban J connectivity index is 1.49. The third kappa shape index (κ3) is 4.73. The van der Waals surface area contributed by atoms with E-state index in [0.717, 1.165) is 62.0 Å². The van der Waals surface area contributed by atoms with Gasteiger partial charge in [-0.1, -0.05) is 6.07 Å². The van der Waals surface area contributed by atoms with Gasteiger partial charge in [-0.2, -0.15) is 13.2 Å². The van der Waals surface area contributed by atoms with E-state index in [1.165, 1.54) is 13.2 Å². The molecule has 2 heterocycles. The van der Waals surface area contributed by atoms with E-state index in [0.29, 0.717) is 23.4 Å². The summed E-state index contributed by atoms with van der Waals surface area (Å²) >= 11 is 0. The number of amides is 1. The number of pyridine rings is 1. The van der Waals surface area contributed by atoms with Gasteiger partial charge in [0.15, 0.2) is 0 Å². The lowest BCUT2D eigenvalue weighted by atomic mass is 9.86. The number of anilines is 1. The summed E-state index contributed by atoms with van der Waals surface area (Å²) in [5.41, 5.74) is 1.15. The monoisotopic (exact) mass is 449 g/mol. The molecule has 0 spiro atoms. The molecule has 1 aromatic heterocycles. The van der Waals surface area contributed by atoms with Crippen LogP contribution in [0.2, 0.25) is 0 Å². The first-order valence-corrected chi connectivity index (χ1v) is 10.7. The molecule has 1 amide bonds. The summed E-state index contributed by atoms with van der Waals surface area (Å²) in [5, 5.41) is 12.0. The summed E-state index contributed by atoms with van der Waals surface area (Å²) < 4.78 is 44.2. The third-order valence-electron chi connectivity index (χ3n) is 6.38. The number of alkyl halides is 3. The van der Waals surface area contributed by atoms with E-state index in [-0.39, 0.29) is 12.3 Å². The average Bonchev–Trinajstić information content (AvgIpc) is 3.21. The van der Waals surface area contributed by atoms with Crippen molar-refractivity contribution in [3.63, 3.8) is 0 Å². The van der Waals surface area contributed by atoms with E-state index in [4.69, 9.17) is 4.74 Å². The van der Waals surface area contributed by atoms with E-state index in [2.05, 4.69) is 15.2 Å². The minimum absolute atomic E-state index is 0.244. The summed E-state index contributed by atoms with van der Waals surface area (Å²) in [6, 6.07) is 7.39. The molecule has 32 heavy (non-hydrogen) atoms. The van der Waals surface area contributed by atoms with Crippen LogP contribution in [-0.4, -0.2) is 40.7 Å². The molecule has 4 rings (SSSR count). The van der Waals surface area contributed by atoms with E-state index in [1.807, 2.05) is 12.1 Å². The highest BCUT2D eigenvalue weighted by Gasteiger charge is 2.33. The zero-order valence-corrected chi connectivity index (χ0v) is 17.8. The number of nitrogens with one attached hydrogen (secondary N) is 1. The number of methoxy groups -OCH3 is 1. The van der Waals surface area contributed by atoms with Crippen molar-refractivity contribution in [1.82, 2.24) is 9.88 Å². The predicted molar refractivity (Wildman–Crippen MR) is 112 cm³/mol. The van der Waals surface area contributed by atoms with Crippen molar-refractivity contribution in [2.24, 2.45) is 5.92 Å².